The number of nitrogens with zero attached hydrogens (tertiary/aromatic N) is 2. The van der Waals surface area contributed by atoms with Gasteiger partial charge in [-0.1, -0.05) is 6.07 Å². The van der Waals surface area contributed by atoms with E-state index in [1.807, 2.05) is 6.07 Å². The second-order valence-corrected chi connectivity index (χ2v) is 5.36. The number of hydrogen-bond donors (Lipinski definition) is 0. The fourth-order valence-electron chi connectivity index (χ4n) is 2.86. The van der Waals surface area contributed by atoms with Gasteiger partial charge in [-0.25, -0.2) is 0 Å². The Morgan fingerprint density at radius 2 is 2.00 bits per heavy atom. The molecule has 0 N–H and O–H groups in total. The van der Waals surface area contributed by atoms with Gasteiger partial charge < -0.3 is 14.2 Å². The highest BCUT2D eigenvalue weighted by Crippen LogP contribution is 2.38. The van der Waals surface area contributed by atoms with E-state index in [1.165, 1.54) is 23.7 Å². The maximum Gasteiger partial charge on any atom is 0.128 e. The van der Waals surface area contributed by atoms with E-state index < -0.39 is 0 Å². The minimum Gasteiger partial charge on any atom is -0.496 e. The van der Waals surface area contributed by atoms with Crippen molar-refractivity contribution in [3.05, 3.63) is 30.5 Å². The first-order valence-corrected chi connectivity index (χ1v) is 6.50. The molecule has 3 nitrogen and oxygen atoms in total. The molecule has 1 aromatic heterocycles. The number of benzene rings is 1. The fourth-order valence-corrected chi connectivity index (χ4v) is 2.86. The third kappa shape index (κ3) is 1.70. The molecular formula is C15H20N2O. The molecule has 1 aliphatic rings. The molecule has 18 heavy (non-hydrogen) atoms. The first kappa shape index (κ1) is 11.6. The zero-order valence-electron chi connectivity index (χ0n) is 11.3. The molecule has 3 heteroatoms. The molecule has 1 saturated carbocycles. The quantitative estimate of drug-likeness (QED) is 0.826. The average Bonchev–Trinajstić information content (AvgIpc) is 2.70. The molecule has 1 aromatic carbocycles. The summed E-state index contributed by atoms with van der Waals surface area (Å²) >= 11 is 0. The van der Waals surface area contributed by atoms with E-state index >= 15 is 0 Å². The van der Waals surface area contributed by atoms with Crippen LogP contribution in [-0.2, 0) is 0 Å². The van der Waals surface area contributed by atoms with Crippen LogP contribution in [0, 0.1) is 0 Å². The lowest BCUT2D eigenvalue weighted by Gasteiger charge is -2.40. The lowest BCUT2D eigenvalue weighted by molar-refractivity contribution is 0.132. The summed E-state index contributed by atoms with van der Waals surface area (Å²) in [5, 5.41) is 1.22. The molecule has 0 aliphatic heterocycles. The summed E-state index contributed by atoms with van der Waals surface area (Å²) in [6, 6.07) is 9.81. The second kappa shape index (κ2) is 4.32. The highest BCUT2D eigenvalue weighted by Gasteiger charge is 2.32. The smallest absolute Gasteiger partial charge is 0.128 e. The van der Waals surface area contributed by atoms with E-state index in [2.05, 4.69) is 48.0 Å². The van der Waals surface area contributed by atoms with E-state index in [9.17, 15) is 0 Å². The van der Waals surface area contributed by atoms with E-state index in [-0.39, 0.29) is 0 Å². The Hall–Kier alpha value is -1.48. The van der Waals surface area contributed by atoms with Gasteiger partial charge in [-0.3, -0.25) is 0 Å². The predicted molar refractivity (Wildman–Crippen MR) is 74.2 cm³/mol. The Bertz CT molecular complexity index is 553. The van der Waals surface area contributed by atoms with E-state index in [4.69, 9.17) is 4.74 Å². The lowest BCUT2D eigenvalue weighted by atomic mass is 9.85. The monoisotopic (exact) mass is 244 g/mol. The van der Waals surface area contributed by atoms with E-state index in [0.717, 1.165) is 11.8 Å². The minimum absolute atomic E-state index is 0.641. The van der Waals surface area contributed by atoms with Gasteiger partial charge in [-0.2, -0.15) is 0 Å². The van der Waals surface area contributed by atoms with Crippen LogP contribution in [0.1, 0.15) is 18.9 Å². The van der Waals surface area contributed by atoms with Crippen molar-refractivity contribution in [2.45, 2.75) is 24.9 Å². The van der Waals surface area contributed by atoms with Crippen LogP contribution in [0.3, 0.4) is 0 Å². The van der Waals surface area contributed by atoms with Crippen LogP contribution in [0.5, 0.6) is 5.75 Å². The molecule has 1 fully saturated rings. The first-order chi connectivity index (χ1) is 8.70. The molecule has 0 bridgehead atoms. The van der Waals surface area contributed by atoms with Gasteiger partial charge >= 0.3 is 0 Å². The Kier molecular flexibility index (Phi) is 2.78. The molecule has 2 aromatic rings. The van der Waals surface area contributed by atoms with Crippen molar-refractivity contribution in [2.24, 2.45) is 0 Å². The Balaban J connectivity index is 1.91. The van der Waals surface area contributed by atoms with Crippen molar-refractivity contribution in [1.82, 2.24) is 9.47 Å². The normalized spacial score (nSPS) is 23.3. The molecule has 0 saturated heterocycles. The zero-order chi connectivity index (χ0) is 12.7. The predicted octanol–water partition coefficient (Wildman–Crippen LogP) is 2.92. The van der Waals surface area contributed by atoms with Gasteiger partial charge in [0.05, 0.1) is 12.6 Å². The Labute approximate surface area is 108 Å². The third-order valence-electron chi connectivity index (χ3n) is 4.15. The molecule has 0 radical (unpaired) electrons. The molecule has 96 valence electrons. The van der Waals surface area contributed by atoms with Crippen LogP contribution in [0.15, 0.2) is 30.5 Å². The SMILES string of the molecule is COc1cccc2c1ccn2C1CC(N(C)C)C1. The standard InChI is InChI=1S/C15H20N2O/c1-16(2)11-9-12(10-11)17-8-7-13-14(17)5-4-6-15(13)18-3/h4-8,11-12H,9-10H2,1-3H3. The summed E-state index contributed by atoms with van der Waals surface area (Å²) in [5.41, 5.74) is 1.29. The second-order valence-electron chi connectivity index (χ2n) is 5.36. The molecule has 0 spiro atoms. The van der Waals surface area contributed by atoms with Gasteiger partial charge in [0.1, 0.15) is 5.75 Å². The van der Waals surface area contributed by atoms with Gasteiger partial charge in [-0.15, -0.1) is 0 Å². The van der Waals surface area contributed by atoms with Crippen molar-refractivity contribution in [2.75, 3.05) is 21.2 Å². The van der Waals surface area contributed by atoms with Crippen LogP contribution < -0.4 is 4.74 Å². The van der Waals surface area contributed by atoms with Gasteiger partial charge in [0, 0.05) is 23.7 Å². The van der Waals surface area contributed by atoms with Gasteiger partial charge in [0.25, 0.3) is 0 Å². The third-order valence-corrected chi connectivity index (χ3v) is 4.15. The van der Waals surface area contributed by atoms with E-state index in [0.29, 0.717) is 6.04 Å². The molecule has 0 amide bonds. The van der Waals surface area contributed by atoms with Crippen LogP contribution in [0.4, 0.5) is 0 Å². The highest BCUT2D eigenvalue weighted by atomic mass is 16.5. The Morgan fingerprint density at radius 3 is 2.67 bits per heavy atom. The number of methoxy groups -OCH3 is 1. The number of aromatic nitrogens is 1. The maximum atomic E-state index is 5.41. The van der Waals surface area contributed by atoms with Crippen molar-refractivity contribution < 1.29 is 4.74 Å². The van der Waals surface area contributed by atoms with E-state index in [1.54, 1.807) is 7.11 Å². The van der Waals surface area contributed by atoms with Crippen molar-refractivity contribution in [3.63, 3.8) is 0 Å². The van der Waals surface area contributed by atoms with Crippen LogP contribution in [0.2, 0.25) is 0 Å². The first-order valence-electron chi connectivity index (χ1n) is 6.50. The summed E-state index contributed by atoms with van der Waals surface area (Å²) in [5.74, 6) is 0.967. The maximum absolute atomic E-state index is 5.41. The molecule has 1 heterocycles. The van der Waals surface area contributed by atoms with Crippen molar-refractivity contribution in [1.29, 1.82) is 0 Å². The highest BCUT2D eigenvalue weighted by molar-refractivity contribution is 5.86. The molecule has 3 rings (SSSR count). The van der Waals surface area contributed by atoms with Gasteiger partial charge in [-0.05, 0) is 45.1 Å². The minimum atomic E-state index is 0.641. The summed E-state index contributed by atoms with van der Waals surface area (Å²) in [6.07, 6.45) is 4.69. The Morgan fingerprint density at radius 1 is 1.22 bits per heavy atom. The number of rotatable bonds is 3. The molecular weight excluding hydrogens is 224 g/mol. The van der Waals surface area contributed by atoms with Gasteiger partial charge in [0.15, 0.2) is 0 Å². The average molecular weight is 244 g/mol. The molecule has 0 unspecified atom stereocenters. The van der Waals surface area contributed by atoms with Crippen LogP contribution in [0.25, 0.3) is 10.9 Å². The topological polar surface area (TPSA) is 17.4 Å². The molecule has 1 aliphatic carbocycles. The van der Waals surface area contributed by atoms with Crippen LogP contribution >= 0.6 is 0 Å². The summed E-state index contributed by atoms with van der Waals surface area (Å²) in [4.78, 5) is 2.32. The number of hydrogen-bond acceptors (Lipinski definition) is 2. The van der Waals surface area contributed by atoms with Gasteiger partial charge in [0.2, 0.25) is 0 Å². The summed E-state index contributed by atoms with van der Waals surface area (Å²) < 4.78 is 7.81. The largest absolute Gasteiger partial charge is 0.496 e. The van der Waals surface area contributed by atoms with Crippen molar-refractivity contribution in [3.8, 4) is 5.75 Å². The zero-order valence-corrected chi connectivity index (χ0v) is 11.3. The summed E-state index contributed by atoms with van der Waals surface area (Å²) in [6.45, 7) is 0. The number of fused-ring (bicyclic) bond motifs is 1. The fraction of sp³-hybridized carbons (Fsp3) is 0.467. The van der Waals surface area contributed by atoms with Crippen molar-refractivity contribution >= 4 is 10.9 Å². The summed E-state index contributed by atoms with van der Waals surface area (Å²) in [7, 11) is 6.06. The van der Waals surface area contributed by atoms with Crippen LogP contribution in [-0.4, -0.2) is 36.7 Å². The number of ether oxygens (including phenoxy) is 1. The molecule has 0 atom stereocenters. The lowest BCUT2D eigenvalue weighted by Crippen LogP contribution is -2.41.